The lowest BCUT2D eigenvalue weighted by molar-refractivity contribution is 0.0986. The summed E-state index contributed by atoms with van der Waals surface area (Å²) in [4.78, 5) is 27.2. The van der Waals surface area contributed by atoms with Crippen LogP contribution < -0.4 is 10.2 Å². The molecule has 1 N–H and O–H groups in total. The third-order valence-corrected chi connectivity index (χ3v) is 5.21. The number of hydrogen-bond acceptors (Lipinski definition) is 2. The Kier molecular flexibility index (Phi) is 4.88. The van der Waals surface area contributed by atoms with E-state index in [1.807, 2.05) is 37.3 Å². The predicted octanol–water partition coefficient (Wildman–Crippen LogP) is 5.10. The molecule has 0 saturated carbocycles. The maximum absolute atomic E-state index is 12.9. The summed E-state index contributed by atoms with van der Waals surface area (Å²) in [5.41, 5.74) is 4.79. The molecule has 0 saturated heterocycles. The number of amides is 2. The van der Waals surface area contributed by atoms with Gasteiger partial charge in [-0.1, -0.05) is 35.9 Å². The van der Waals surface area contributed by atoms with E-state index in [4.69, 9.17) is 11.6 Å². The van der Waals surface area contributed by atoms with Crippen LogP contribution in [0.5, 0.6) is 0 Å². The first-order valence-corrected chi connectivity index (χ1v) is 9.48. The number of para-hydroxylation sites is 1. The van der Waals surface area contributed by atoms with E-state index in [1.54, 1.807) is 41.3 Å². The zero-order valence-electron chi connectivity index (χ0n) is 15.4. The number of carbonyl (C=O) groups is 2. The Morgan fingerprint density at radius 2 is 1.68 bits per heavy atom. The average molecular weight is 391 g/mol. The monoisotopic (exact) mass is 390 g/mol. The molecule has 2 amide bonds. The first-order valence-electron chi connectivity index (χ1n) is 9.10. The van der Waals surface area contributed by atoms with Crippen molar-refractivity contribution >= 4 is 34.8 Å². The summed E-state index contributed by atoms with van der Waals surface area (Å²) in [5.74, 6) is -0.293. The molecule has 0 fully saturated rings. The third-order valence-electron chi connectivity index (χ3n) is 4.97. The van der Waals surface area contributed by atoms with E-state index in [9.17, 15) is 9.59 Å². The molecule has 28 heavy (non-hydrogen) atoms. The first-order chi connectivity index (χ1) is 13.5. The summed E-state index contributed by atoms with van der Waals surface area (Å²) in [6.07, 6.45) is 0.862. The number of benzene rings is 3. The molecule has 0 atom stereocenters. The quantitative estimate of drug-likeness (QED) is 0.676. The number of nitrogens with one attached hydrogen (secondary N) is 1. The van der Waals surface area contributed by atoms with Crippen molar-refractivity contribution in [3.8, 4) is 0 Å². The molecule has 0 bridgehead atoms. The molecule has 1 aliphatic heterocycles. The zero-order valence-corrected chi connectivity index (χ0v) is 16.2. The Balaban J connectivity index is 1.50. The van der Waals surface area contributed by atoms with Gasteiger partial charge in [-0.05, 0) is 66.9 Å². The minimum absolute atomic E-state index is 0.0532. The number of rotatable bonds is 3. The number of hydrogen-bond donors (Lipinski definition) is 1. The molecule has 0 radical (unpaired) electrons. The summed E-state index contributed by atoms with van der Waals surface area (Å²) < 4.78 is 0. The molecule has 5 heteroatoms. The van der Waals surface area contributed by atoms with Crippen LogP contribution in [0.25, 0.3) is 0 Å². The topological polar surface area (TPSA) is 49.4 Å². The molecular weight excluding hydrogens is 372 g/mol. The van der Waals surface area contributed by atoms with E-state index in [0.29, 0.717) is 28.4 Å². The van der Waals surface area contributed by atoms with Crippen molar-refractivity contribution < 1.29 is 9.59 Å². The molecule has 4 nitrogen and oxygen atoms in total. The van der Waals surface area contributed by atoms with Crippen LogP contribution in [0.4, 0.5) is 11.4 Å². The van der Waals surface area contributed by atoms with Gasteiger partial charge in [0.25, 0.3) is 11.8 Å². The highest BCUT2D eigenvalue weighted by Gasteiger charge is 2.25. The smallest absolute Gasteiger partial charge is 0.258 e. The van der Waals surface area contributed by atoms with Crippen molar-refractivity contribution in [3.63, 3.8) is 0 Å². The Bertz CT molecular complexity index is 1060. The second-order valence-corrected chi connectivity index (χ2v) is 7.26. The fourth-order valence-corrected chi connectivity index (χ4v) is 3.56. The van der Waals surface area contributed by atoms with Crippen LogP contribution in [0.2, 0.25) is 5.02 Å². The average Bonchev–Trinajstić information content (AvgIpc) is 3.14. The number of aryl methyl sites for hydroxylation is 1. The minimum atomic E-state index is -0.240. The second kappa shape index (κ2) is 7.49. The summed E-state index contributed by atoms with van der Waals surface area (Å²) in [7, 11) is 0. The lowest BCUT2D eigenvalue weighted by Crippen LogP contribution is -2.28. The molecule has 1 heterocycles. The van der Waals surface area contributed by atoms with E-state index in [0.717, 1.165) is 17.7 Å². The molecule has 0 aliphatic carbocycles. The van der Waals surface area contributed by atoms with Crippen LogP contribution in [0.3, 0.4) is 0 Å². The predicted molar refractivity (Wildman–Crippen MR) is 112 cm³/mol. The minimum Gasteiger partial charge on any atom is -0.322 e. The first kappa shape index (κ1) is 18.3. The number of fused-ring (bicyclic) bond motifs is 1. The normalized spacial score (nSPS) is 12.6. The van der Waals surface area contributed by atoms with Gasteiger partial charge in [-0.15, -0.1) is 0 Å². The Morgan fingerprint density at radius 1 is 0.964 bits per heavy atom. The fraction of sp³-hybridized carbons (Fsp3) is 0.130. The number of halogens is 1. The molecule has 4 rings (SSSR count). The Labute approximate surface area is 168 Å². The number of nitrogens with zero attached hydrogens (tertiary/aromatic N) is 1. The van der Waals surface area contributed by atoms with Gasteiger partial charge in [0.2, 0.25) is 0 Å². The molecule has 0 aromatic heterocycles. The summed E-state index contributed by atoms with van der Waals surface area (Å²) in [6.45, 7) is 2.58. The summed E-state index contributed by atoms with van der Waals surface area (Å²) in [6, 6.07) is 20.0. The van der Waals surface area contributed by atoms with Crippen LogP contribution in [0, 0.1) is 6.92 Å². The largest absolute Gasteiger partial charge is 0.322 e. The molecule has 3 aromatic carbocycles. The SMILES string of the molecule is Cc1ccc(Cl)cc1NC(=O)c1ccc(C(=O)N2CCc3ccccc32)cc1. The standard InChI is InChI=1S/C23H19ClN2O2/c1-15-6-11-19(24)14-20(15)25-22(27)17-7-9-18(10-8-17)23(28)26-13-12-16-4-2-3-5-21(16)26/h2-11,14H,12-13H2,1H3,(H,25,27). The van der Waals surface area contributed by atoms with Crippen molar-refractivity contribution in [2.45, 2.75) is 13.3 Å². The van der Waals surface area contributed by atoms with Gasteiger partial charge in [0.15, 0.2) is 0 Å². The van der Waals surface area contributed by atoms with E-state index in [-0.39, 0.29) is 11.8 Å². The number of anilines is 2. The highest BCUT2D eigenvalue weighted by atomic mass is 35.5. The van der Waals surface area contributed by atoms with E-state index >= 15 is 0 Å². The van der Waals surface area contributed by atoms with Crippen LogP contribution in [-0.4, -0.2) is 18.4 Å². The Hall–Kier alpha value is -3.11. The molecule has 1 aliphatic rings. The number of carbonyl (C=O) groups excluding carboxylic acids is 2. The van der Waals surface area contributed by atoms with E-state index in [2.05, 4.69) is 5.32 Å². The molecule has 3 aromatic rings. The van der Waals surface area contributed by atoms with Gasteiger partial charge in [-0.25, -0.2) is 0 Å². The van der Waals surface area contributed by atoms with Crippen LogP contribution >= 0.6 is 11.6 Å². The molecule has 140 valence electrons. The van der Waals surface area contributed by atoms with Crippen LogP contribution in [0.15, 0.2) is 66.7 Å². The van der Waals surface area contributed by atoms with Crippen LogP contribution in [0.1, 0.15) is 31.8 Å². The van der Waals surface area contributed by atoms with Gasteiger partial charge in [-0.2, -0.15) is 0 Å². The van der Waals surface area contributed by atoms with Crippen molar-refractivity contribution in [2.75, 3.05) is 16.8 Å². The maximum atomic E-state index is 12.9. The zero-order chi connectivity index (χ0) is 19.7. The third kappa shape index (κ3) is 3.51. The van der Waals surface area contributed by atoms with Gasteiger partial charge in [0.05, 0.1) is 0 Å². The molecule has 0 spiro atoms. The summed E-state index contributed by atoms with van der Waals surface area (Å²) in [5, 5.41) is 3.43. The van der Waals surface area contributed by atoms with Crippen LogP contribution in [-0.2, 0) is 6.42 Å². The van der Waals surface area contributed by atoms with Gasteiger partial charge in [-0.3, -0.25) is 9.59 Å². The second-order valence-electron chi connectivity index (χ2n) is 6.83. The summed E-state index contributed by atoms with van der Waals surface area (Å²) >= 11 is 6.01. The van der Waals surface area contributed by atoms with Gasteiger partial charge < -0.3 is 10.2 Å². The van der Waals surface area contributed by atoms with Gasteiger partial charge in [0, 0.05) is 34.1 Å². The highest BCUT2D eigenvalue weighted by Crippen LogP contribution is 2.29. The van der Waals surface area contributed by atoms with Gasteiger partial charge >= 0.3 is 0 Å². The van der Waals surface area contributed by atoms with E-state index < -0.39 is 0 Å². The van der Waals surface area contributed by atoms with E-state index in [1.165, 1.54) is 5.56 Å². The maximum Gasteiger partial charge on any atom is 0.258 e. The van der Waals surface area contributed by atoms with Crippen molar-refractivity contribution in [2.24, 2.45) is 0 Å². The molecular formula is C23H19ClN2O2. The fourth-order valence-electron chi connectivity index (χ4n) is 3.39. The molecule has 0 unspecified atom stereocenters. The van der Waals surface area contributed by atoms with Crippen molar-refractivity contribution in [3.05, 3.63) is 94.0 Å². The Morgan fingerprint density at radius 3 is 2.46 bits per heavy atom. The van der Waals surface area contributed by atoms with Crippen molar-refractivity contribution in [1.29, 1.82) is 0 Å². The lowest BCUT2D eigenvalue weighted by Gasteiger charge is -2.17. The lowest BCUT2D eigenvalue weighted by atomic mass is 10.1. The highest BCUT2D eigenvalue weighted by molar-refractivity contribution is 6.31. The van der Waals surface area contributed by atoms with Gasteiger partial charge in [0.1, 0.15) is 0 Å². The van der Waals surface area contributed by atoms with Crippen molar-refractivity contribution in [1.82, 2.24) is 0 Å².